The molecule has 0 saturated heterocycles. The highest BCUT2D eigenvalue weighted by Crippen LogP contribution is 2.29. The van der Waals surface area contributed by atoms with Crippen LogP contribution >= 0.6 is 0 Å². The van der Waals surface area contributed by atoms with Crippen molar-refractivity contribution in [3.63, 3.8) is 0 Å². The first-order chi connectivity index (χ1) is 16.4. The third-order valence-corrected chi connectivity index (χ3v) is 5.91. The number of halogens is 2. The van der Waals surface area contributed by atoms with Gasteiger partial charge in [0.05, 0.1) is 17.8 Å². The van der Waals surface area contributed by atoms with E-state index in [2.05, 4.69) is 4.98 Å². The fourth-order valence-electron chi connectivity index (χ4n) is 4.19. The summed E-state index contributed by atoms with van der Waals surface area (Å²) >= 11 is 0. The van der Waals surface area contributed by atoms with Crippen LogP contribution in [0.5, 0.6) is 5.88 Å². The molecule has 3 aromatic heterocycles. The zero-order valence-electron chi connectivity index (χ0n) is 18.8. The molecule has 0 saturated carbocycles. The van der Waals surface area contributed by atoms with Crippen LogP contribution in [-0.4, -0.2) is 19.5 Å². The molecule has 0 fully saturated rings. The van der Waals surface area contributed by atoms with Crippen LogP contribution in [0, 0.1) is 18.6 Å². The maximum atomic E-state index is 14.5. The quantitative estimate of drug-likeness (QED) is 0.337. The van der Waals surface area contributed by atoms with Gasteiger partial charge >= 0.3 is 0 Å². The second-order valence-electron chi connectivity index (χ2n) is 8.25. The molecule has 1 N–H and O–H groups in total. The molecule has 0 aliphatic heterocycles. The Bertz CT molecular complexity index is 1490. The van der Waals surface area contributed by atoms with Crippen LogP contribution in [0.25, 0.3) is 16.9 Å². The lowest BCUT2D eigenvalue weighted by molar-refractivity contribution is 0.435. The van der Waals surface area contributed by atoms with Crippen molar-refractivity contribution >= 4 is 5.65 Å². The summed E-state index contributed by atoms with van der Waals surface area (Å²) in [5, 5.41) is 11.0. The largest absolute Gasteiger partial charge is 0.493 e. The summed E-state index contributed by atoms with van der Waals surface area (Å²) in [6.07, 6.45) is 2.79. The highest BCUT2D eigenvalue weighted by Gasteiger charge is 2.20. The first-order valence-corrected chi connectivity index (χ1v) is 11.1. The maximum Gasteiger partial charge on any atom is 0.219 e. The van der Waals surface area contributed by atoms with Crippen LogP contribution in [-0.2, 0) is 19.3 Å². The molecule has 172 valence electrons. The third-order valence-electron chi connectivity index (χ3n) is 5.91. The molecule has 3 heterocycles. The highest BCUT2D eigenvalue weighted by molar-refractivity contribution is 5.63. The summed E-state index contributed by atoms with van der Waals surface area (Å²) in [6, 6.07) is 15.5. The summed E-state index contributed by atoms with van der Waals surface area (Å²) in [7, 11) is 0. The van der Waals surface area contributed by atoms with Gasteiger partial charge in [0.1, 0.15) is 17.2 Å². The van der Waals surface area contributed by atoms with Gasteiger partial charge in [-0.25, -0.2) is 18.7 Å². The average molecular weight is 459 g/mol. The highest BCUT2D eigenvalue weighted by atomic mass is 19.2. The molecule has 2 aromatic carbocycles. The third kappa shape index (κ3) is 3.94. The van der Waals surface area contributed by atoms with E-state index < -0.39 is 11.6 Å². The van der Waals surface area contributed by atoms with Crippen LogP contribution in [0.15, 0.2) is 65.2 Å². The lowest BCUT2D eigenvalue weighted by Gasteiger charge is -2.09. The summed E-state index contributed by atoms with van der Waals surface area (Å²) < 4.78 is 35.8. The van der Waals surface area contributed by atoms with Gasteiger partial charge in [-0.2, -0.15) is 0 Å². The zero-order chi connectivity index (χ0) is 23.8. The first kappa shape index (κ1) is 21.8. The second-order valence-corrected chi connectivity index (χ2v) is 8.25. The SMILES string of the molecule is CCc1oc(Cc2nc3c(Cc4cccc(F)c4F)nc(-c4ccccc4)cn3c2O)cc1C. The number of fused-ring (bicyclic) bond motifs is 1. The number of imidazole rings is 1. The lowest BCUT2D eigenvalue weighted by Crippen LogP contribution is -2.03. The number of furan rings is 1. The van der Waals surface area contributed by atoms with Gasteiger partial charge in [-0.05, 0) is 30.2 Å². The fourth-order valence-corrected chi connectivity index (χ4v) is 4.19. The standard InChI is InChI=1S/C27H23F2N3O2/c1-3-24-16(2)12-19(34-24)14-22-27(33)32-15-23(17-8-5-4-6-9-17)30-21(26(32)31-22)13-18-10-7-11-20(28)25(18)29/h4-12,15,33H,3,13-14H2,1-2H3. The molecule has 0 bridgehead atoms. The molecular weight excluding hydrogens is 436 g/mol. The summed E-state index contributed by atoms with van der Waals surface area (Å²) in [5.74, 6) is -0.278. The van der Waals surface area contributed by atoms with E-state index in [4.69, 9.17) is 9.40 Å². The minimum Gasteiger partial charge on any atom is -0.493 e. The predicted molar refractivity (Wildman–Crippen MR) is 125 cm³/mol. The first-order valence-electron chi connectivity index (χ1n) is 11.1. The topological polar surface area (TPSA) is 63.6 Å². The average Bonchev–Trinajstić information content (AvgIpc) is 3.36. The van der Waals surface area contributed by atoms with Crippen LogP contribution < -0.4 is 0 Å². The van der Waals surface area contributed by atoms with Crippen LogP contribution in [0.3, 0.4) is 0 Å². The van der Waals surface area contributed by atoms with E-state index >= 15 is 0 Å². The van der Waals surface area contributed by atoms with Crippen molar-refractivity contribution in [1.82, 2.24) is 14.4 Å². The molecule has 7 heteroatoms. The molecule has 0 radical (unpaired) electrons. The van der Waals surface area contributed by atoms with Gasteiger partial charge < -0.3 is 9.52 Å². The lowest BCUT2D eigenvalue weighted by atomic mass is 10.1. The maximum absolute atomic E-state index is 14.5. The van der Waals surface area contributed by atoms with Crippen molar-refractivity contribution < 1.29 is 18.3 Å². The predicted octanol–water partition coefficient (Wildman–Crippen LogP) is 6.03. The Hall–Kier alpha value is -4.00. The minimum atomic E-state index is -0.917. The molecule has 0 amide bonds. The molecule has 0 atom stereocenters. The molecule has 0 aliphatic rings. The Balaban J connectivity index is 1.65. The molecule has 0 unspecified atom stereocenters. The van der Waals surface area contributed by atoms with E-state index in [-0.39, 0.29) is 17.9 Å². The van der Waals surface area contributed by atoms with Crippen molar-refractivity contribution in [3.8, 4) is 17.1 Å². The van der Waals surface area contributed by atoms with Gasteiger partial charge in [0.25, 0.3) is 0 Å². The van der Waals surface area contributed by atoms with E-state index in [1.54, 1.807) is 10.6 Å². The Kier molecular flexibility index (Phi) is 5.61. The van der Waals surface area contributed by atoms with Gasteiger partial charge in [0.2, 0.25) is 5.88 Å². The van der Waals surface area contributed by atoms with Crippen LogP contribution in [0.4, 0.5) is 8.78 Å². The number of rotatable bonds is 6. The second kappa shape index (κ2) is 8.74. The van der Waals surface area contributed by atoms with Gasteiger partial charge in [-0.3, -0.25) is 4.40 Å². The Morgan fingerprint density at radius 3 is 2.50 bits per heavy atom. The van der Waals surface area contributed by atoms with Gasteiger partial charge in [0.15, 0.2) is 17.3 Å². The number of nitrogens with zero attached hydrogens (tertiary/aromatic N) is 3. The fraction of sp³-hybridized carbons (Fsp3) is 0.185. The van der Waals surface area contributed by atoms with Crippen molar-refractivity contribution in [2.45, 2.75) is 33.1 Å². The van der Waals surface area contributed by atoms with E-state index in [1.165, 1.54) is 12.1 Å². The molecular formula is C27H23F2N3O2. The van der Waals surface area contributed by atoms with Crippen molar-refractivity contribution in [2.75, 3.05) is 0 Å². The van der Waals surface area contributed by atoms with Crippen LogP contribution in [0.1, 0.15) is 41.0 Å². The molecule has 5 nitrogen and oxygen atoms in total. The smallest absolute Gasteiger partial charge is 0.219 e. The Morgan fingerprint density at radius 1 is 0.971 bits per heavy atom. The molecule has 34 heavy (non-hydrogen) atoms. The van der Waals surface area contributed by atoms with E-state index in [1.807, 2.05) is 50.2 Å². The summed E-state index contributed by atoms with van der Waals surface area (Å²) in [6.45, 7) is 4.00. The van der Waals surface area contributed by atoms with Crippen molar-refractivity contribution in [2.24, 2.45) is 0 Å². The molecule has 5 aromatic rings. The summed E-state index contributed by atoms with van der Waals surface area (Å²) in [4.78, 5) is 9.35. The molecule has 5 rings (SSSR count). The zero-order valence-corrected chi connectivity index (χ0v) is 18.8. The van der Waals surface area contributed by atoms with Gasteiger partial charge in [-0.1, -0.05) is 49.4 Å². The number of aryl methyl sites for hydroxylation is 2. The number of benzene rings is 2. The normalized spacial score (nSPS) is 11.4. The van der Waals surface area contributed by atoms with Crippen LogP contribution in [0.2, 0.25) is 0 Å². The van der Waals surface area contributed by atoms with Crippen molar-refractivity contribution in [3.05, 3.63) is 106 Å². The number of aromatic hydroxyl groups is 1. The van der Waals surface area contributed by atoms with E-state index in [0.717, 1.165) is 29.4 Å². The summed E-state index contributed by atoms with van der Waals surface area (Å²) in [5.41, 5.74) is 3.86. The minimum absolute atomic E-state index is 0.0174. The number of hydrogen-bond acceptors (Lipinski definition) is 4. The molecule has 0 aliphatic carbocycles. The Labute approximate surface area is 195 Å². The van der Waals surface area contributed by atoms with Gasteiger partial charge in [0, 0.05) is 24.6 Å². The van der Waals surface area contributed by atoms with E-state index in [0.29, 0.717) is 34.9 Å². The van der Waals surface area contributed by atoms with Gasteiger partial charge in [-0.15, -0.1) is 0 Å². The number of hydrogen-bond donors (Lipinski definition) is 1. The number of aromatic nitrogens is 3. The van der Waals surface area contributed by atoms with E-state index in [9.17, 15) is 13.9 Å². The monoisotopic (exact) mass is 459 g/mol. The van der Waals surface area contributed by atoms with Crippen molar-refractivity contribution in [1.29, 1.82) is 0 Å². The Morgan fingerprint density at radius 2 is 1.76 bits per heavy atom. The molecule has 0 spiro atoms.